The lowest BCUT2D eigenvalue weighted by molar-refractivity contribution is 0.800. The van der Waals surface area contributed by atoms with Gasteiger partial charge < -0.3 is 10.2 Å². The number of benzene rings is 1. The highest BCUT2D eigenvalue weighted by Gasteiger charge is 2.11. The van der Waals surface area contributed by atoms with E-state index in [1.54, 1.807) is 0 Å². The molecule has 0 radical (unpaired) electrons. The molecular formula is C17H22ClN3. The van der Waals surface area contributed by atoms with Gasteiger partial charge in [-0.05, 0) is 50.7 Å². The van der Waals surface area contributed by atoms with Crippen molar-refractivity contribution in [3.05, 3.63) is 58.4 Å². The Bertz CT molecular complexity index is 598. The number of rotatable bonds is 6. The van der Waals surface area contributed by atoms with E-state index in [2.05, 4.69) is 40.3 Å². The molecule has 0 atom stereocenters. The highest BCUT2D eigenvalue weighted by molar-refractivity contribution is 6.33. The van der Waals surface area contributed by atoms with Crippen molar-refractivity contribution in [1.82, 2.24) is 10.3 Å². The molecule has 0 amide bonds. The monoisotopic (exact) mass is 303 g/mol. The Kier molecular flexibility index (Phi) is 5.59. The summed E-state index contributed by atoms with van der Waals surface area (Å²) in [5, 5.41) is 3.93. The van der Waals surface area contributed by atoms with Crippen LogP contribution in [0, 0.1) is 6.92 Å². The Morgan fingerprint density at radius 3 is 2.67 bits per heavy atom. The highest BCUT2D eigenvalue weighted by Crippen LogP contribution is 2.28. The molecule has 1 aromatic carbocycles. The fourth-order valence-corrected chi connectivity index (χ4v) is 2.69. The number of halogens is 1. The Balaban J connectivity index is 2.21. The molecular weight excluding hydrogens is 282 g/mol. The number of hydrogen-bond acceptors (Lipinski definition) is 3. The van der Waals surface area contributed by atoms with Crippen molar-refractivity contribution in [1.29, 1.82) is 0 Å². The molecule has 0 aliphatic rings. The summed E-state index contributed by atoms with van der Waals surface area (Å²) in [6.45, 7) is 6.63. The van der Waals surface area contributed by atoms with Crippen LogP contribution in [-0.2, 0) is 13.1 Å². The molecule has 0 spiro atoms. The molecule has 0 aliphatic heterocycles. The van der Waals surface area contributed by atoms with Crippen LogP contribution in [0.1, 0.15) is 23.9 Å². The summed E-state index contributed by atoms with van der Waals surface area (Å²) >= 11 is 6.45. The molecule has 0 saturated heterocycles. The normalized spacial score (nSPS) is 10.7. The van der Waals surface area contributed by atoms with Gasteiger partial charge in [0.2, 0.25) is 0 Å². The quantitative estimate of drug-likeness (QED) is 0.880. The first-order valence-electron chi connectivity index (χ1n) is 7.24. The number of anilines is 1. The molecule has 112 valence electrons. The minimum Gasteiger partial charge on any atom is -0.365 e. The van der Waals surface area contributed by atoms with E-state index in [0.29, 0.717) is 0 Å². The summed E-state index contributed by atoms with van der Waals surface area (Å²) in [5.41, 5.74) is 4.35. The van der Waals surface area contributed by atoms with Gasteiger partial charge in [-0.3, -0.25) is 4.98 Å². The summed E-state index contributed by atoms with van der Waals surface area (Å²) in [6, 6.07) is 12.3. The number of nitrogens with one attached hydrogen (secondary N) is 1. The third kappa shape index (κ3) is 4.19. The van der Waals surface area contributed by atoms with Crippen LogP contribution in [0.5, 0.6) is 0 Å². The topological polar surface area (TPSA) is 28.2 Å². The van der Waals surface area contributed by atoms with Gasteiger partial charge in [-0.25, -0.2) is 0 Å². The van der Waals surface area contributed by atoms with Crippen LogP contribution in [0.3, 0.4) is 0 Å². The van der Waals surface area contributed by atoms with E-state index in [4.69, 9.17) is 11.6 Å². The van der Waals surface area contributed by atoms with E-state index >= 15 is 0 Å². The Morgan fingerprint density at radius 2 is 2.05 bits per heavy atom. The van der Waals surface area contributed by atoms with Gasteiger partial charge >= 0.3 is 0 Å². The molecule has 0 fully saturated rings. The van der Waals surface area contributed by atoms with E-state index in [1.165, 1.54) is 5.56 Å². The predicted octanol–water partition coefficient (Wildman–Crippen LogP) is 3.79. The van der Waals surface area contributed by atoms with Crippen LogP contribution in [0.2, 0.25) is 5.02 Å². The third-order valence-electron chi connectivity index (χ3n) is 3.41. The van der Waals surface area contributed by atoms with E-state index in [-0.39, 0.29) is 0 Å². The maximum atomic E-state index is 6.45. The molecule has 1 N–H and O–H groups in total. The van der Waals surface area contributed by atoms with Crippen LogP contribution in [0.15, 0.2) is 36.4 Å². The number of hydrogen-bond donors (Lipinski definition) is 1. The van der Waals surface area contributed by atoms with Gasteiger partial charge in [0.25, 0.3) is 0 Å². The van der Waals surface area contributed by atoms with Gasteiger partial charge in [0, 0.05) is 18.8 Å². The predicted molar refractivity (Wildman–Crippen MR) is 89.9 cm³/mol. The lowest BCUT2D eigenvalue weighted by Crippen LogP contribution is -2.23. The lowest BCUT2D eigenvalue weighted by Gasteiger charge is -2.24. The van der Waals surface area contributed by atoms with Gasteiger partial charge in [-0.2, -0.15) is 0 Å². The lowest BCUT2D eigenvalue weighted by atomic mass is 10.2. The average Bonchev–Trinajstić information content (AvgIpc) is 2.46. The summed E-state index contributed by atoms with van der Waals surface area (Å²) in [4.78, 5) is 6.81. The van der Waals surface area contributed by atoms with Crippen molar-refractivity contribution in [3.63, 3.8) is 0 Å². The highest BCUT2D eigenvalue weighted by atomic mass is 35.5. The molecule has 0 unspecified atom stereocenters. The Hall–Kier alpha value is -1.58. The van der Waals surface area contributed by atoms with Crippen molar-refractivity contribution < 1.29 is 0 Å². The van der Waals surface area contributed by atoms with Crippen molar-refractivity contribution in [3.8, 4) is 0 Å². The third-order valence-corrected chi connectivity index (χ3v) is 3.72. The smallest absolute Gasteiger partial charge is 0.0642 e. The molecule has 1 aromatic heterocycles. The van der Waals surface area contributed by atoms with Crippen molar-refractivity contribution >= 4 is 17.3 Å². The second-order valence-electron chi connectivity index (χ2n) is 5.10. The van der Waals surface area contributed by atoms with Crippen molar-refractivity contribution in [2.45, 2.75) is 26.9 Å². The molecule has 21 heavy (non-hydrogen) atoms. The van der Waals surface area contributed by atoms with Crippen LogP contribution in [-0.4, -0.2) is 18.6 Å². The minimum absolute atomic E-state index is 0.767. The fourth-order valence-electron chi connectivity index (χ4n) is 2.37. The standard InChI is InChI=1S/C17H22ClN3/c1-4-21(12-15-7-5-6-13(2)20-15)17-9-8-14(11-19-3)10-16(17)18/h5-10,19H,4,11-12H2,1-3H3. The van der Waals surface area contributed by atoms with Gasteiger partial charge in [-0.15, -0.1) is 0 Å². The summed E-state index contributed by atoms with van der Waals surface area (Å²) in [5.74, 6) is 0. The van der Waals surface area contributed by atoms with Gasteiger partial charge in [0.05, 0.1) is 22.9 Å². The van der Waals surface area contributed by atoms with Gasteiger partial charge in [0.15, 0.2) is 0 Å². The van der Waals surface area contributed by atoms with E-state index < -0.39 is 0 Å². The van der Waals surface area contributed by atoms with Crippen LogP contribution < -0.4 is 10.2 Å². The van der Waals surface area contributed by atoms with Crippen LogP contribution >= 0.6 is 11.6 Å². The minimum atomic E-state index is 0.767. The fraction of sp³-hybridized carbons (Fsp3) is 0.353. The largest absolute Gasteiger partial charge is 0.365 e. The molecule has 2 rings (SSSR count). The number of aryl methyl sites for hydroxylation is 1. The summed E-state index contributed by atoms with van der Waals surface area (Å²) < 4.78 is 0. The van der Waals surface area contributed by atoms with E-state index in [1.807, 2.05) is 32.2 Å². The second kappa shape index (κ2) is 7.43. The zero-order valence-electron chi connectivity index (χ0n) is 12.9. The van der Waals surface area contributed by atoms with E-state index in [0.717, 1.165) is 41.7 Å². The zero-order valence-corrected chi connectivity index (χ0v) is 13.6. The SMILES string of the molecule is CCN(Cc1cccc(C)n1)c1ccc(CNC)cc1Cl. The average molecular weight is 304 g/mol. The van der Waals surface area contributed by atoms with Crippen LogP contribution in [0.25, 0.3) is 0 Å². The molecule has 3 nitrogen and oxygen atoms in total. The van der Waals surface area contributed by atoms with Crippen molar-refractivity contribution in [2.24, 2.45) is 0 Å². The number of aromatic nitrogens is 1. The van der Waals surface area contributed by atoms with E-state index in [9.17, 15) is 0 Å². The number of nitrogens with zero attached hydrogens (tertiary/aromatic N) is 2. The summed E-state index contributed by atoms with van der Waals surface area (Å²) in [7, 11) is 1.93. The first-order valence-corrected chi connectivity index (χ1v) is 7.62. The van der Waals surface area contributed by atoms with Crippen molar-refractivity contribution in [2.75, 3.05) is 18.5 Å². The first kappa shape index (κ1) is 15.8. The molecule has 4 heteroatoms. The molecule has 0 aliphatic carbocycles. The Morgan fingerprint density at radius 1 is 1.24 bits per heavy atom. The molecule has 1 heterocycles. The van der Waals surface area contributed by atoms with Gasteiger partial charge in [0.1, 0.15) is 0 Å². The Labute approximate surface area is 132 Å². The van der Waals surface area contributed by atoms with Crippen LogP contribution in [0.4, 0.5) is 5.69 Å². The summed E-state index contributed by atoms with van der Waals surface area (Å²) in [6.07, 6.45) is 0. The zero-order chi connectivity index (χ0) is 15.2. The maximum absolute atomic E-state index is 6.45. The first-order chi connectivity index (χ1) is 10.1. The second-order valence-corrected chi connectivity index (χ2v) is 5.51. The molecule has 0 bridgehead atoms. The number of pyridine rings is 1. The molecule has 0 saturated carbocycles. The van der Waals surface area contributed by atoms with Gasteiger partial charge in [-0.1, -0.05) is 23.7 Å². The molecule has 2 aromatic rings. The maximum Gasteiger partial charge on any atom is 0.0642 e.